The molecule has 35 heavy (non-hydrogen) atoms. The highest BCUT2D eigenvalue weighted by atomic mass is 35.5. The van der Waals surface area contributed by atoms with E-state index in [-0.39, 0.29) is 23.0 Å². The molecule has 7 heteroatoms. The number of ether oxygens (including phenoxy) is 2. The van der Waals surface area contributed by atoms with Crippen LogP contribution >= 0.6 is 11.6 Å². The maximum Gasteiger partial charge on any atom is 0.308 e. The number of Topliss-reactive ketones (excluding diaryl/α,β-unsaturated/α-hetero) is 1. The lowest BCUT2D eigenvalue weighted by Crippen LogP contribution is -2.23. The molecule has 0 N–H and O–H groups in total. The Kier molecular flexibility index (Phi) is 9.15. The Bertz CT molecular complexity index is 1100. The van der Waals surface area contributed by atoms with Crippen LogP contribution in [-0.4, -0.2) is 41.1 Å². The van der Waals surface area contributed by atoms with Gasteiger partial charge in [-0.15, -0.1) is 0 Å². The monoisotopic (exact) mass is 498 g/mol. The van der Waals surface area contributed by atoms with Crippen LogP contribution in [0.2, 0.25) is 5.28 Å². The third-order valence-electron chi connectivity index (χ3n) is 6.80. The van der Waals surface area contributed by atoms with E-state index in [1.54, 1.807) is 11.7 Å². The molecule has 1 saturated carbocycles. The molecule has 0 amide bonds. The second kappa shape index (κ2) is 11.9. The number of benzene rings is 1. The summed E-state index contributed by atoms with van der Waals surface area (Å²) >= 11 is 6.52. The lowest BCUT2D eigenvalue weighted by atomic mass is 9.79. The van der Waals surface area contributed by atoms with Crippen LogP contribution in [0.1, 0.15) is 79.7 Å². The predicted octanol–water partition coefficient (Wildman–Crippen LogP) is 5.61. The normalized spacial score (nSPS) is 18.0. The van der Waals surface area contributed by atoms with Crippen molar-refractivity contribution in [2.24, 2.45) is 11.8 Å². The lowest BCUT2D eigenvalue weighted by molar-refractivity contribution is -0.146. The van der Waals surface area contributed by atoms with Crippen molar-refractivity contribution in [2.75, 3.05) is 14.2 Å². The molecule has 0 spiro atoms. The molecular formula is C28H35ClN2O4. The largest absolute Gasteiger partial charge is 0.469 e. The fourth-order valence-electron chi connectivity index (χ4n) is 4.38. The number of aryl methyl sites for hydroxylation is 1. The van der Waals surface area contributed by atoms with Crippen molar-refractivity contribution in [3.05, 3.63) is 52.1 Å². The van der Waals surface area contributed by atoms with E-state index in [9.17, 15) is 9.59 Å². The minimum Gasteiger partial charge on any atom is -0.469 e. The van der Waals surface area contributed by atoms with Crippen molar-refractivity contribution < 1.29 is 19.1 Å². The zero-order valence-corrected chi connectivity index (χ0v) is 22.1. The summed E-state index contributed by atoms with van der Waals surface area (Å²) in [5.74, 6) is 6.33. The SMILES string of the molecule is COC(=O)C1CCC(CCC(=O)c2c(C#CC(C)(C)OC)nc(Cl)n2Cc2ccc(C)cc2)CC1. The number of aromatic nitrogens is 2. The number of carbonyl (C=O) groups excluding carboxylic acids is 2. The highest BCUT2D eigenvalue weighted by Crippen LogP contribution is 2.33. The molecule has 1 aromatic heterocycles. The second-order valence-corrected chi connectivity index (χ2v) is 10.2. The Labute approximate surface area is 213 Å². The zero-order chi connectivity index (χ0) is 25.6. The number of esters is 1. The van der Waals surface area contributed by atoms with Crippen LogP contribution in [0.5, 0.6) is 0 Å². The van der Waals surface area contributed by atoms with Crippen LogP contribution in [0.25, 0.3) is 0 Å². The fourth-order valence-corrected chi connectivity index (χ4v) is 4.61. The topological polar surface area (TPSA) is 70.4 Å². The standard InChI is InChI=1S/C28H35ClN2O4/c1-19-6-8-21(9-7-19)18-31-25(23(30-27(31)29)16-17-28(2,3)35-5)24(32)15-12-20-10-13-22(14-11-20)26(33)34-4/h6-9,20,22H,10-15,18H2,1-5H3. The van der Waals surface area contributed by atoms with Crippen LogP contribution < -0.4 is 0 Å². The van der Waals surface area contributed by atoms with Crippen molar-refractivity contribution in [2.45, 2.75) is 71.4 Å². The van der Waals surface area contributed by atoms with Gasteiger partial charge in [0.1, 0.15) is 17.0 Å². The number of halogens is 1. The third-order valence-corrected chi connectivity index (χ3v) is 7.09. The number of nitrogens with zero attached hydrogens (tertiary/aromatic N) is 2. The summed E-state index contributed by atoms with van der Waals surface area (Å²) in [7, 11) is 3.03. The quantitative estimate of drug-likeness (QED) is 0.268. The summed E-state index contributed by atoms with van der Waals surface area (Å²) in [5.41, 5.74) is 2.34. The van der Waals surface area contributed by atoms with E-state index in [4.69, 9.17) is 21.1 Å². The van der Waals surface area contributed by atoms with Gasteiger partial charge in [0, 0.05) is 13.5 Å². The molecule has 0 saturated heterocycles. The molecule has 6 nitrogen and oxygen atoms in total. The van der Waals surface area contributed by atoms with Crippen molar-refractivity contribution in [3.8, 4) is 11.8 Å². The highest BCUT2D eigenvalue weighted by molar-refractivity contribution is 6.29. The van der Waals surface area contributed by atoms with Gasteiger partial charge in [0.25, 0.3) is 0 Å². The first-order chi connectivity index (χ1) is 16.6. The Morgan fingerprint density at radius 1 is 1.14 bits per heavy atom. The summed E-state index contributed by atoms with van der Waals surface area (Å²) in [6, 6.07) is 8.13. The van der Waals surface area contributed by atoms with E-state index in [1.807, 2.05) is 45.0 Å². The van der Waals surface area contributed by atoms with Gasteiger partial charge in [-0.05, 0) is 81.9 Å². The van der Waals surface area contributed by atoms with Gasteiger partial charge in [0.2, 0.25) is 5.28 Å². The van der Waals surface area contributed by atoms with Gasteiger partial charge in [-0.1, -0.05) is 35.7 Å². The summed E-state index contributed by atoms with van der Waals surface area (Å²) < 4.78 is 12.0. The molecule has 0 bridgehead atoms. The first-order valence-corrected chi connectivity index (χ1v) is 12.5. The summed E-state index contributed by atoms with van der Waals surface area (Å²) in [4.78, 5) is 29.8. The van der Waals surface area contributed by atoms with Gasteiger partial charge in [-0.3, -0.25) is 9.59 Å². The Morgan fingerprint density at radius 3 is 2.40 bits per heavy atom. The maximum absolute atomic E-state index is 13.5. The summed E-state index contributed by atoms with van der Waals surface area (Å²) in [6.07, 6.45) is 4.61. The molecule has 3 rings (SSSR count). The Hall–Kier alpha value is -2.62. The van der Waals surface area contributed by atoms with E-state index in [0.717, 1.165) is 43.2 Å². The van der Waals surface area contributed by atoms with E-state index in [2.05, 4.69) is 16.8 Å². The number of imidazole rings is 1. The molecule has 1 aromatic carbocycles. The first kappa shape index (κ1) is 27.0. The van der Waals surface area contributed by atoms with Crippen molar-refractivity contribution >= 4 is 23.4 Å². The van der Waals surface area contributed by atoms with Gasteiger partial charge in [0.05, 0.1) is 19.6 Å². The van der Waals surface area contributed by atoms with E-state index in [1.165, 1.54) is 7.11 Å². The van der Waals surface area contributed by atoms with Gasteiger partial charge in [-0.2, -0.15) is 0 Å². The molecule has 0 radical (unpaired) electrons. The van der Waals surface area contributed by atoms with Crippen LogP contribution in [-0.2, 0) is 20.8 Å². The lowest BCUT2D eigenvalue weighted by Gasteiger charge is -2.26. The minimum absolute atomic E-state index is 0.0206. The molecule has 1 aliphatic carbocycles. The zero-order valence-electron chi connectivity index (χ0n) is 21.3. The molecule has 2 aromatic rings. The molecule has 188 valence electrons. The predicted molar refractivity (Wildman–Crippen MR) is 137 cm³/mol. The van der Waals surface area contributed by atoms with Crippen molar-refractivity contribution in [3.63, 3.8) is 0 Å². The average molecular weight is 499 g/mol. The number of ketones is 1. The number of hydrogen-bond donors (Lipinski definition) is 0. The second-order valence-electron chi connectivity index (χ2n) is 9.82. The number of methoxy groups -OCH3 is 2. The number of carbonyl (C=O) groups is 2. The molecule has 0 atom stereocenters. The third kappa shape index (κ3) is 7.19. The molecule has 0 unspecified atom stereocenters. The van der Waals surface area contributed by atoms with E-state index >= 15 is 0 Å². The van der Waals surface area contributed by atoms with Crippen LogP contribution in [0.4, 0.5) is 0 Å². The summed E-state index contributed by atoms with van der Waals surface area (Å²) in [6.45, 7) is 6.19. The summed E-state index contributed by atoms with van der Waals surface area (Å²) in [5, 5.41) is 0.243. The number of hydrogen-bond acceptors (Lipinski definition) is 5. The molecular weight excluding hydrogens is 464 g/mol. The highest BCUT2D eigenvalue weighted by Gasteiger charge is 2.28. The van der Waals surface area contributed by atoms with Crippen molar-refractivity contribution in [1.29, 1.82) is 0 Å². The van der Waals surface area contributed by atoms with Crippen LogP contribution in [0.3, 0.4) is 0 Å². The molecule has 1 fully saturated rings. The maximum atomic E-state index is 13.5. The smallest absolute Gasteiger partial charge is 0.308 e. The molecule has 0 aliphatic heterocycles. The minimum atomic E-state index is -0.675. The van der Waals surface area contributed by atoms with Gasteiger partial charge in [-0.25, -0.2) is 4.98 Å². The Balaban J connectivity index is 1.81. The number of rotatable bonds is 8. The van der Waals surface area contributed by atoms with E-state index in [0.29, 0.717) is 30.3 Å². The van der Waals surface area contributed by atoms with Crippen molar-refractivity contribution in [1.82, 2.24) is 9.55 Å². The van der Waals surface area contributed by atoms with Crippen LogP contribution in [0, 0.1) is 30.6 Å². The fraction of sp³-hybridized carbons (Fsp3) is 0.536. The average Bonchev–Trinajstić information content (AvgIpc) is 3.17. The van der Waals surface area contributed by atoms with E-state index < -0.39 is 5.60 Å². The molecule has 1 aliphatic rings. The van der Waals surface area contributed by atoms with Gasteiger partial charge < -0.3 is 14.0 Å². The van der Waals surface area contributed by atoms with Gasteiger partial charge >= 0.3 is 5.97 Å². The Morgan fingerprint density at radius 2 is 1.80 bits per heavy atom. The first-order valence-electron chi connectivity index (χ1n) is 12.1. The van der Waals surface area contributed by atoms with Crippen LogP contribution in [0.15, 0.2) is 24.3 Å². The molecule has 1 heterocycles. The van der Waals surface area contributed by atoms with Gasteiger partial charge in [0.15, 0.2) is 5.78 Å².